The van der Waals surface area contributed by atoms with Crippen LogP contribution < -0.4 is 9.04 Å². The van der Waals surface area contributed by atoms with Crippen LogP contribution in [-0.2, 0) is 10.0 Å². The summed E-state index contributed by atoms with van der Waals surface area (Å²) in [5, 5.41) is 0. The first-order valence-electron chi connectivity index (χ1n) is 10.0. The van der Waals surface area contributed by atoms with Crippen molar-refractivity contribution in [3.8, 4) is 5.75 Å². The van der Waals surface area contributed by atoms with E-state index in [0.717, 1.165) is 16.4 Å². The molecule has 3 aromatic carbocycles. The monoisotopic (exact) mass is 474 g/mol. The highest BCUT2D eigenvalue weighted by Gasteiger charge is 2.25. The Labute approximate surface area is 192 Å². The van der Waals surface area contributed by atoms with Crippen LogP contribution in [0.3, 0.4) is 0 Å². The number of para-hydroxylation sites is 2. The summed E-state index contributed by atoms with van der Waals surface area (Å²) in [6.07, 6.45) is 0. The van der Waals surface area contributed by atoms with Crippen molar-refractivity contribution in [1.29, 1.82) is 0 Å². The van der Waals surface area contributed by atoms with E-state index < -0.39 is 33.6 Å². The molecule has 1 atom stereocenters. The molecule has 0 spiro atoms. The summed E-state index contributed by atoms with van der Waals surface area (Å²) in [5.74, 6) is -1.94. The number of hydrogen-bond acceptors (Lipinski definition) is 4. The van der Waals surface area contributed by atoms with Gasteiger partial charge in [-0.15, -0.1) is 0 Å². The average molecular weight is 475 g/mol. The van der Waals surface area contributed by atoms with Crippen molar-refractivity contribution in [1.82, 2.24) is 4.90 Å². The highest BCUT2D eigenvalue weighted by atomic mass is 32.2. The molecule has 0 radical (unpaired) electrons. The van der Waals surface area contributed by atoms with Crippen molar-refractivity contribution in [2.45, 2.75) is 17.9 Å². The van der Waals surface area contributed by atoms with E-state index in [0.29, 0.717) is 17.0 Å². The molecule has 9 heteroatoms. The molecule has 0 N–H and O–H groups in total. The third kappa shape index (κ3) is 4.83. The van der Waals surface area contributed by atoms with Crippen LogP contribution in [-0.4, -0.2) is 40.4 Å². The van der Waals surface area contributed by atoms with Gasteiger partial charge in [0.2, 0.25) is 0 Å². The molecule has 1 unspecified atom stereocenters. The standard InChI is InChI=1S/C24H24F2N2O4S/c1-16(18-11-14-20(25)21(26)15-18)27(2)24(29)17-9-12-19(13-10-17)33(30,31)28(3)22-7-5-6-8-23(22)32-4/h5-16H,1-4H3. The van der Waals surface area contributed by atoms with Crippen molar-refractivity contribution in [3.05, 3.63) is 89.5 Å². The third-order valence-electron chi connectivity index (χ3n) is 5.51. The Bertz CT molecular complexity index is 1260. The van der Waals surface area contributed by atoms with Gasteiger partial charge in [-0.05, 0) is 61.0 Å². The van der Waals surface area contributed by atoms with Gasteiger partial charge in [-0.3, -0.25) is 9.10 Å². The second-order valence-electron chi connectivity index (χ2n) is 7.43. The number of carbonyl (C=O) groups is 1. The summed E-state index contributed by atoms with van der Waals surface area (Å²) in [6, 6.07) is 15.2. The van der Waals surface area contributed by atoms with Gasteiger partial charge in [0.15, 0.2) is 11.6 Å². The zero-order chi connectivity index (χ0) is 24.3. The van der Waals surface area contributed by atoms with Crippen LogP contribution in [0.4, 0.5) is 14.5 Å². The first-order valence-corrected chi connectivity index (χ1v) is 11.5. The first-order chi connectivity index (χ1) is 15.6. The van der Waals surface area contributed by atoms with E-state index >= 15 is 0 Å². The van der Waals surface area contributed by atoms with Gasteiger partial charge >= 0.3 is 0 Å². The van der Waals surface area contributed by atoms with Gasteiger partial charge < -0.3 is 9.64 Å². The smallest absolute Gasteiger partial charge is 0.264 e. The molecule has 0 aliphatic rings. The number of carbonyl (C=O) groups excluding carboxylic acids is 1. The van der Waals surface area contributed by atoms with E-state index in [2.05, 4.69) is 0 Å². The van der Waals surface area contributed by atoms with Gasteiger partial charge in [-0.2, -0.15) is 0 Å². The van der Waals surface area contributed by atoms with E-state index in [-0.39, 0.29) is 10.5 Å². The zero-order valence-corrected chi connectivity index (χ0v) is 19.4. The van der Waals surface area contributed by atoms with Crippen LogP contribution >= 0.6 is 0 Å². The van der Waals surface area contributed by atoms with Gasteiger partial charge in [0.25, 0.3) is 15.9 Å². The topological polar surface area (TPSA) is 66.9 Å². The molecule has 174 valence electrons. The lowest BCUT2D eigenvalue weighted by molar-refractivity contribution is 0.0742. The van der Waals surface area contributed by atoms with Gasteiger partial charge in [0.1, 0.15) is 5.75 Å². The van der Waals surface area contributed by atoms with Crippen molar-refractivity contribution in [2.75, 3.05) is 25.5 Å². The average Bonchev–Trinajstić information content (AvgIpc) is 2.83. The molecule has 0 heterocycles. The largest absolute Gasteiger partial charge is 0.495 e. The van der Waals surface area contributed by atoms with Gasteiger partial charge in [-0.1, -0.05) is 18.2 Å². The maximum Gasteiger partial charge on any atom is 0.264 e. The van der Waals surface area contributed by atoms with Gasteiger partial charge in [0.05, 0.1) is 23.7 Å². The van der Waals surface area contributed by atoms with Crippen LogP contribution in [0.2, 0.25) is 0 Å². The number of amides is 1. The van der Waals surface area contributed by atoms with E-state index in [1.165, 1.54) is 56.4 Å². The quantitative estimate of drug-likeness (QED) is 0.501. The van der Waals surface area contributed by atoms with Crippen molar-refractivity contribution in [3.63, 3.8) is 0 Å². The zero-order valence-electron chi connectivity index (χ0n) is 18.6. The fourth-order valence-corrected chi connectivity index (χ4v) is 4.53. The molecule has 6 nitrogen and oxygen atoms in total. The molecule has 33 heavy (non-hydrogen) atoms. The Kier molecular flexibility index (Phi) is 7.02. The number of rotatable bonds is 7. The van der Waals surface area contributed by atoms with E-state index in [9.17, 15) is 22.0 Å². The third-order valence-corrected chi connectivity index (χ3v) is 7.30. The molecule has 0 saturated carbocycles. The normalized spacial score (nSPS) is 12.2. The molecule has 0 saturated heterocycles. The molecule has 1 amide bonds. The maximum atomic E-state index is 13.6. The summed E-state index contributed by atoms with van der Waals surface area (Å²) in [5.41, 5.74) is 1.06. The maximum absolute atomic E-state index is 13.6. The summed E-state index contributed by atoms with van der Waals surface area (Å²) < 4.78 is 59.3. The Morgan fingerprint density at radius 1 is 0.939 bits per heavy atom. The minimum atomic E-state index is -3.90. The molecular formula is C24H24F2N2O4S. The Morgan fingerprint density at radius 3 is 2.18 bits per heavy atom. The molecule has 0 aliphatic heterocycles. The lowest BCUT2D eigenvalue weighted by Gasteiger charge is -2.26. The molecule has 3 rings (SSSR count). The van der Waals surface area contributed by atoms with Gasteiger partial charge in [0, 0.05) is 19.7 Å². The molecular weight excluding hydrogens is 450 g/mol. The minimum Gasteiger partial charge on any atom is -0.495 e. The highest BCUT2D eigenvalue weighted by molar-refractivity contribution is 7.92. The van der Waals surface area contributed by atoms with Crippen molar-refractivity contribution >= 4 is 21.6 Å². The number of benzene rings is 3. The van der Waals surface area contributed by atoms with Gasteiger partial charge in [-0.25, -0.2) is 17.2 Å². The Hall–Kier alpha value is -3.46. The lowest BCUT2D eigenvalue weighted by Crippen LogP contribution is -2.30. The molecule has 0 fully saturated rings. The number of sulfonamides is 1. The summed E-state index contributed by atoms with van der Waals surface area (Å²) >= 11 is 0. The van der Waals surface area contributed by atoms with Crippen LogP contribution in [0.15, 0.2) is 71.6 Å². The van der Waals surface area contributed by atoms with Crippen molar-refractivity contribution < 1.29 is 26.7 Å². The Balaban J connectivity index is 1.82. The number of methoxy groups -OCH3 is 1. The van der Waals surface area contributed by atoms with Crippen molar-refractivity contribution in [2.24, 2.45) is 0 Å². The fourth-order valence-electron chi connectivity index (χ4n) is 3.32. The summed E-state index contributed by atoms with van der Waals surface area (Å²) in [4.78, 5) is 14.3. The van der Waals surface area contributed by atoms with Crippen LogP contribution in [0.5, 0.6) is 5.75 Å². The van der Waals surface area contributed by atoms with E-state index in [1.807, 2.05) is 0 Å². The van der Waals surface area contributed by atoms with Crippen LogP contribution in [0.25, 0.3) is 0 Å². The number of anilines is 1. The minimum absolute atomic E-state index is 0.00348. The van der Waals surface area contributed by atoms with E-state index in [1.54, 1.807) is 31.2 Å². The number of halogens is 2. The fraction of sp³-hybridized carbons (Fsp3) is 0.208. The molecule has 0 aromatic heterocycles. The second-order valence-corrected chi connectivity index (χ2v) is 9.40. The molecule has 3 aromatic rings. The number of hydrogen-bond donors (Lipinski definition) is 0. The number of nitrogens with zero attached hydrogens (tertiary/aromatic N) is 2. The number of ether oxygens (including phenoxy) is 1. The predicted molar refractivity (Wildman–Crippen MR) is 122 cm³/mol. The SMILES string of the molecule is COc1ccccc1N(C)S(=O)(=O)c1ccc(C(=O)N(C)C(C)c2ccc(F)c(F)c2)cc1. The second kappa shape index (κ2) is 9.58. The predicted octanol–water partition coefficient (Wildman–Crippen LogP) is 4.63. The summed E-state index contributed by atoms with van der Waals surface area (Å²) in [6.45, 7) is 1.69. The van der Waals surface area contributed by atoms with Crippen LogP contribution in [0, 0.1) is 11.6 Å². The highest BCUT2D eigenvalue weighted by Crippen LogP contribution is 2.31. The molecule has 0 aliphatic carbocycles. The lowest BCUT2D eigenvalue weighted by atomic mass is 10.1. The van der Waals surface area contributed by atoms with Crippen LogP contribution in [0.1, 0.15) is 28.9 Å². The first kappa shape index (κ1) is 24.2. The molecule has 0 bridgehead atoms. The van der Waals surface area contributed by atoms with E-state index in [4.69, 9.17) is 4.74 Å². The summed E-state index contributed by atoms with van der Waals surface area (Å²) in [7, 11) is 0.508. The Morgan fingerprint density at radius 2 is 1.58 bits per heavy atom.